The van der Waals surface area contributed by atoms with Gasteiger partial charge in [0.05, 0.1) is 11.1 Å². The number of phenols is 1. The van der Waals surface area contributed by atoms with Crippen molar-refractivity contribution in [3.63, 3.8) is 0 Å². The van der Waals surface area contributed by atoms with E-state index in [2.05, 4.69) is 25.7 Å². The Balaban J connectivity index is 1.71. The second kappa shape index (κ2) is 7.42. The van der Waals surface area contributed by atoms with Crippen LogP contribution in [0, 0.1) is 5.82 Å². The van der Waals surface area contributed by atoms with Crippen LogP contribution in [-0.2, 0) is 19.3 Å². The molecule has 6 nitrogen and oxygen atoms in total. The predicted molar refractivity (Wildman–Crippen MR) is 98.8 cm³/mol. The van der Waals surface area contributed by atoms with E-state index in [9.17, 15) is 22.7 Å². The Kier molecular flexibility index (Phi) is 5.07. The Morgan fingerprint density at radius 3 is 2.66 bits per heavy atom. The van der Waals surface area contributed by atoms with Gasteiger partial charge in [-0.2, -0.15) is 13.2 Å². The van der Waals surface area contributed by atoms with E-state index in [4.69, 9.17) is 0 Å². The number of likely N-dealkylation sites (N-methyl/N-ethyl adjacent to an activating group) is 1. The normalized spacial score (nSPS) is 20.0. The van der Waals surface area contributed by atoms with Crippen LogP contribution in [0.4, 0.5) is 23.4 Å². The molecule has 3 heterocycles. The van der Waals surface area contributed by atoms with Gasteiger partial charge in [-0.15, -0.1) is 10.2 Å². The minimum absolute atomic E-state index is 0.0556. The van der Waals surface area contributed by atoms with Crippen LogP contribution in [0.2, 0.25) is 0 Å². The molecule has 0 bridgehead atoms. The van der Waals surface area contributed by atoms with Crippen LogP contribution in [0.1, 0.15) is 29.5 Å². The number of benzene rings is 1. The van der Waals surface area contributed by atoms with E-state index in [0.29, 0.717) is 36.6 Å². The molecule has 156 valence electrons. The molecule has 4 rings (SSSR count). The molecule has 1 atom stereocenters. The first kappa shape index (κ1) is 19.8. The summed E-state index contributed by atoms with van der Waals surface area (Å²) in [6.07, 6.45) is -2.71. The molecule has 3 N–H and O–H groups in total. The van der Waals surface area contributed by atoms with E-state index in [1.807, 2.05) is 7.05 Å². The number of piperidine rings is 1. The van der Waals surface area contributed by atoms with Gasteiger partial charge in [0, 0.05) is 36.8 Å². The second-order valence-electron chi connectivity index (χ2n) is 7.55. The van der Waals surface area contributed by atoms with E-state index in [-0.39, 0.29) is 17.3 Å². The first-order valence-corrected chi connectivity index (χ1v) is 9.38. The van der Waals surface area contributed by atoms with Crippen LogP contribution in [0.25, 0.3) is 11.3 Å². The number of fused-ring (bicyclic) bond motifs is 1. The van der Waals surface area contributed by atoms with E-state index >= 15 is 0 Å². The van der Waals surface area contributed by atoms with Gasteiger partial charge >= 0.3 is 6.18 Å². The van der Waals surface area contributed by atoms with Crippen LogP contribution < -0.4 is 10.6 Å². The van der Waals surface area contributed by atoms with Crippen molar-refractivity contribution in [2.75, 3.05) is 25.5 Å². The van der Waals surface area contributed by atoms with Gasteiger partial charge in [-0.05, 0) is 38.6 Å². The highest BCUT2D eigenvalue weighted by Crippen LogP contribution is 2.40. The Morgan fingerprint density at radius 2 is 1.97 bits per heavy atom. The number of nitrogens with one attached hydrogen (secondary N) is 2. The van der Waals surface area contributed by atoms with Crippen LogP contribution in [0.15, 0.2) is 12.1 Å². The highest BCUT2D eigenvalue weighted by Gasteiger charge is 2.34. The number of aromatic hydroxyl groups is 1. The molecule has 0 unspecified atom stereocenters. The quantitative estimate of drug-likeness (QED) is 0.674. The summed E-state index contributed by atoms with van der Waals surface area (Å²) in [5.74, 6) is -1.41. The first-order chi connectivity index (χ1) is 13.7. The highest BCUT2D eigenvalue weighted by atomic mass is 19.4. The molecule has 10 heteroatoms. The minimum Gasteiger partial charge on any atom is -0.507 e. The van der Waals surface area contributed by atoms with E-state index in [1.54, 1.807) is 0 Å². The molecule has 0 aliphatic carbocycles. The van der Waals surface area contributed by atoms with Gasteiger partial charge in [0.15, 0.2) is 5.82 Å². The third-order valence-corrected chi connectivity index (χ3v) is 5.39. The summed E-state index contributed by atoms with van der Waals surface area (Å²) in [5, 5.41) is 24.9. The summed E-state index contributed by atoms with van der Waals surface area (Å²) in [4.78, 5) is 2.22. The van der Waals surface area contributed by atoms with Crippen molar-refractivity contribution in [2.24, 2.45) is 0 Å². The van der Waals surface area contributed by atoms with Crippen molar-refractivity contribution >= 4 is 5.82 Å². The Labute approximate surface area is 164 Å². The third-order valence-electron chi connectivity index (χ3n) is 5.39. The standard InChI is InChI=1S/C19H21F4N5O/c1-28-4-2-3-11(9-28)25-18-13-8-24-7-12(13)17(26-27-18)16-14(20)5-10(6-15(16)29)19(21,22)23/h5-6,11,24,29H,2-4,7-9H2,1H3,(H,25,27)/t11-/m1/s1. The van der Waals surface area contributed by atoms with Crippen LogP contribution in [-0.4, -0.2) is 46.4 Å². The van der Waals surface area contributed by atoms with Crippen LogP contribution in [0.3, 0.4) is 0 Å². The molecule has 2 aromatic rings. The summed E-state index contributed by atoms with van der Waals surface area (Å²) in [6, 6.07) is 1.09. The van der Waals surface area contributed by atoms with Crippen LogP contribution in [0.5, 0.6) is 5.75 Å². The van der Waals surface area contributed by atoms with Crippen molar-refractivity contribution in [2.45, 2.75) is 38.1 Å². The molecule has 2 aliphatic rings. The molecule has 1 aromatic carbocycles. The summed E-state index contributed by atoms with van der Waals surface area (Å²) in [7, 11) is 2.05. The maximum absolute atomic E-state index is 14.5. The lowest BCUT2D eigenvalue weighted by molar-refractivity contribution is -0.137. The number of anilines is 1. The zero-order valence-corrected chi connectivity index (χ0v) is 15.8. The van der Waals surface area contributed by atoms with Crippen molar-refractivity contribution in [3.05, 3.63) is 34.6 Å². The predicted octanol–water partition coefficient (Wildman–Crippen LogP) is 3.12. The number of phenolic OH excluding ortho intramolecular Hbond substituents is 1. The molecule has 2 aliphatic heterocycles. The zero-order chi connectivity index (χ0) is 20.8. The van der Waals surface area contributed by atoms with Gasteiger partial charge < -0.3 is 20.6 Å². The van der Waals surface area contributed by atoms with Gasteiger partial charge in [0.1, 0.15) is 17.3 Å². The summed E-state index contributed by atoms with van der Waals surface area (Å²) < 4.78 is 53.2. The van der Waals surface area contributed by atoms with Gasteiger partial charge in [0.25, 0.3) is 0 Å². The molecule has 0 radical (unpaired) electrons. The fourth-order valence-corrected chi connectivity index (χ4v) is 3.98. The lowest BCUT2D eigenvalue weighted by Gasteiger charge is -2.30. The number of hydrogen-bond acceptors (Lipinski definition) is 6. The van der Waals surface area contributed by atoms with E-state index < -0.39 is 23.3 Å². The Bertz CT molecular complexity index is 911. The monoisotopic (exact) mass is 411 g/mol. The number of likely N-dealkylation sites (tertiary alicyclic amines) is 1. The number of aromatic nitrogens is 2. The molecular formula is C19H21F4N5O. The largest absolute Gasteiger partial charge is 0.507 e. The topological polar surface area (TPSA) is 73.3 Å². The van der Waals surface area contributed by atoms with E-state index in [1.165, 1.54) is 0 Å². The zero-order valence-electron chi connectivity index (χ0n) is 15.8. The molecule has 1 saturated heterocycles. The lowest BCUT2D eigenvalue weighted by Crippen LogP contribution is -2.40. The minimum atomic E-state index is -4.76. The molecular weight excluding hydrogens is 390 g/mol. The molecule has 0 spiro atoms. The second-order valence-corrected chi connectivity index (χ2v) is 7.55. The average Bonchev–Trinajstić information content (AvgIpc) is 3.12. The summed E-state index contributed by atoms with van der Waals surface area (Å²) in [6.45, 7) is 2.74. The van der Waals surface area contributed by atoms with Crippen molar-refractivity contribution < 1.29 is 22.7 Å². The Morgan fingerprint density at radius 1 is 1.21 bits per heavy atom. The molecule has 0 amide bonds. The fraction of sp³-hybridized carbons (Fsp3) is 0.474. The van der Waals surface area contributed by atoms with E-state index in [0.717, 1.165) is 31.5 Å². The first-order valence-electron chi connectivity index (χ1n) is 9.38. The smallest absolute Gasteiger partial charge is 0.416 e. The SMILES string of the molecule is CN1CCC[C@@H](Nc2nnc(-c3c(O)cc(C(F)(F)F)cc3F)c3c2CNC3)C1. The van der Waals surface area contributed by atoms with Crippen molar-refractivity contribution in [1.82, 2.24) is 20.4 Å². The van der Waals surface area contributed by atoms with Crippen molar-refractivity contribution in [1.29, 1.82) is 0 Å². The number of hydrogen-bond donors (Lipinski definition) is 3. The molecule has 1 fully saturated rings. The summed E-state index contributed by atoms with van der Waals surface area (Å²) >= 11 is 0. The molecule has 29 heavy (non-hydrogen) atoms. The lowest BCUT2D eigenvalue weighted by atomic mass is 10.00. The third kappa shape index (κ3) is 3.86. The van der Waals surface area contributed by atoms with Gasteiger partial charge in [-0.1, -0.05) is 0 Å². The average molecular weight is 411 g/mol. The molecule has 0 saturated carbocycles. The van der Waals surface area contributed by atoms with Crippen molar-refractivity contribution in [3.8, 4) is 17.0 Å². The maximum atomic E-state index is 14.5. The highest BCUT2D eigenvalue weighted by molar-refractivity contribution is 5.74. The fourth-order valence-electron chi connectivity index (χ4n) is 3.98. The molecule has 1 aromatic heterocycles. The van der Waals surface area contributed by atoms with Gasteiger partial charge in [-0.25, -0.2) is 4.39 Å². The summed E-state index contributed by atoms with van der Waals surface area (Å²) in [5.41, 5.74) is -0.143. The van der Waals surface area contributed by atoms with Gasteiger partial charge in [-0.3, -0.25) is 0 Å². The number of rotatable bonds is 3. The van der Waals surface area contributed by atoms with Gasteiger partial charge in [0.2, 0.25) is 0 Å². The number of halogens is 4. The number of alkyl halides is 3. The maximum Gasteiger partial charge on any atom is 0.416 e. The Hall–Kier alpha value is -2.46. The van der Waals surface area contributed by atoms with Crippen LogP contribution >= 0.6 is 0 Å². The number of nitrogens with zero attached hydrogens (tertiary/aromatic N) is 3.